The Morgan fingerprint density at radius 1 is 1.53 bits per heavy atom. The fraction of sp³-hybridized carbons (Fsp3) is 0.500. The molecule has 7 nitrogen and oxygen atoms in total. The summed E-state index contributed by atoms with van der Waals surface area (Å²) >= 11 is 0. The van der Waals surface area contributed by atoms with Crippen LogP contribution in [-0.4, -0.2) is 32.3 Å². The quantitative estimate of drug-likeness (QED) is 0.740. The molecule has 1 aliphatic carbocycles. The van der Waals surface area contributed by atoms with E-state index >= 15 is 0 Å². The van der Waals surface area contributed by atoms with E-state index in [1.54, 1.807) is 0 Å². The molecule has 2 aromatic rings. The molecule has 0 aliphatic heterocycles. The number of methoxy groups -OCH3 is 1. The summed E-state index contributed by atoms with van der Waals surface area (Å²) < 4.78 is 6.35. The summed E-state index contributed by atoms with van der Waals surface area (Å²) in [7, 11) is 1.48. The minimum atomic E-state index is -0.182. The van der Waals surface area contributed by atoms with Crippen LogP contribution in [0.25, 0.3) is 11.0 Å². The van der Waals surface area contributed by atoms with Crippen molar-refractivity contribution in [2.24, 2.45) is 0 Å². The van der Waals surface area contributed by atoms with Gasteiger partial charge in [-0.25, -0.2) is 4.68 Å². The van der Waals surface area contributed by atoms with E-state index < -0.39 is 0 Å². The second kappa shape index (κ2) is 2.78. The minimum Gasteiger partial charge on any atom is -0.478 e. The zero-order valence-electron chi connectivity index (χ0n) is 8.10. The average molecular weight is 207 g/mol. The number of fused-ring (bicyclic) bond motifs is 1. The standard InChI is InChI=1S/C8H9N5O2/c1-15-7-5-6(9-11-7)8(14)13(12-10-5)4-2-3-4/h4H,2-3H2,1H3,(H,9,11). The molecule has 3 rings (SSSR count). The molecule has 1 aliphatic rings. The molecule has 0 spiro atoms. The van der Waals surface area contributed by atoms with Gasteiger partial charge in [0.05, 0.1) is 13.2 Å². The molecule has 1 saturated carbocycles. The van der Waals surface area contributed by atoms with Crippen LogP contribution in [0.1, 0.15) is 18.9 Å². The molecule has 2 aromatic heterocycles. The highest BCUT2D eigenvalue weighted by Crippen LogP contribution is 2.32. The van der Waals surface area contributed by atoms with Gasteiger partial charge in [-0.05, 0) is 12.8 Å². The van der Waals surface area contributed by atoms with Crippen LogP contribution in [0.3, 0.4) is 0 Å². The number of ether oxygens (including phenoxy) is 1. The van der Waals surface area contributed by atoms with E-state index in [2.05, 4.69) is 20.5 Å². The SMILES string of the molecule is COc1n[nH]c2c(=O)n(C3CC3)nnc12. The Morgan fingerprint density at radius 2 is 2.33 bits per heavy atom. The van der Waals surface area contributed by atoms with Crippen molar-refractivity contribution < 1.29 is 4.74 Å². The number of hydrogen-bond donors (Lipinski definition) is 1. The first kappa shape index (κ1) is 8.39. The van der Waals surface area contributed by atoms with Gasteiger partial charge >= 0.3 is 0 Å². The van der Waals surface area contributed by atoms with Gasteiger partial charge in [0.15, 0.2) is 11.0 Å². The third-order valence-electron chi connectivity index (χ3n) is 2.46. The molecule has 2 heterocycles. The fourth-order valence-electron chi connectivity index (χ4n) is 1.51. The van der Waals surface area contributed by atoms with Crippen molar-refractivity contribution in [3.63, 3.8) is 0 Å². The maximum atomic E-state index is 11.9. The van der Waals surface area contributed by atoms with Crippen molar-refractivity contribution in [3.8, 4) is 5.88 Å². The second-order valence-electron chi connectivity index (χ2n) is 3.53. The van der Waals surface area contributed by atoms with Crippen molar-refractivity contribution >= 4 is 11.0 Å². The average Bonchev–Trinajstić information content (AvgIpc) is 2.98. The van der Waals surface area contributed by atoms with Gasteiger partial charge < -0.3 is 4.74 Å². The molecule has 0 atom stereocenters. The van der Waals surface area contributed by atoms with Crippen molar-refractivity contribution in [2.45, 2.75) is 18.9 Å². The van der Waals surface area contributed by atoms with Gasteiger partial charge in [-0.3, -0.25) is 9.89 Å². The van der Waals surface area contributed by atoms with E-state index in [1.807, 2.05) is 0 Å². The zero-order chi connectivity index (χ0) is 10.4. The molecule has 0 radical (unpaired) electrons. The van der Waals surface area contributed by atoms with E-state index in [4.69, 9.17) is 4.74 Å². The normalized spacial score (nSPS) is 15.8. The second-order valence-corrected chi connectivity index (χ2v) is 3.53. The first-order valence-corrected chi connectivity index (χ1v) is 4.69. The molecule has 15 heavy (non-hydrogen) atoms. The zero-order valence-corrected chi connectivity index (χ0v) is 8.10. The Hall–Kier alpha value is -1.92. The lowest BCUT2D eigenvalue weighted by Gasteiger charge is -1.98. The maximum Gasteiger partial charge on any atom is 0.296 e. The lowest BCUT2D eigenvalue weighted by Crippen LogP contribution is -2.23. The molecule has 0 saturated heterocycles. The highest BCUT2D eigenvalue weighted by Gasteiger charge is 2.27. The van der Waals surface area contributed by atoms with Gasteiger partial charge in [0, 0.05) is 0 Å². The summed E-state index contributed by atoms with van der Waals surface area (Å²) in [6, 6.07) is 0.212. The van der Waals surface area contributed by atoms with E-state index in [-0.39, 0.29) is 11.6 Å². The first-order chi connectivity index (χ1) is 7.31. The largest absolute Gasteiger partial charge is 0.478 e. The van der Waals surface area contributed by atoms with E-state index in [1.165, 1.54) is 11.8 Å². The Morgan fingerprint density at radius 3 is 3.00 bits per heavy atom. The molecule has 0 unspecified atom stereocenters. The lowest BCUT2D eigenvalue weighted by molar-refractivity contribution is 0.399. The molecule has 1 fully saturated rings. The van der Waals surface area contributed by atoms with E-state index in [0.29, 0.717) is 16.9 Å². The minimum absolute atomic E-state index is 0.182. The molecular weight excluding hydrogens is 198 g/mol. The molecule has 0 aromatic carbocycles. The Labute approximate surface area is 84.0 Å². The summed E-state index contributed by atoms with van der Waals surface area (Å²) in [5.74, 6) is 0.303. The maximum absolute atomic E-state index is 11.9. The Bertz CT molecular complexity index is 568. The van der Waals surface area contributed by atoms with Crippen LogP contribution in [0.4, 0.5) is 0 Å². The van der Waals surface area contributed by atoms with Crippen LogP contribution < -0.4 is 10.3 Å². The molecule has 78 valence electrons. The summed E-state index contributed by atoms with van der Waals surface area (Å²) in [6.07, 6.45) is 1.98. The van der Waals surface area contributed by atoms with Crippen LogP contribution in [0.5, 0.6) is 5.88 Å². The van der Waals surface area contributed by atoms with Gasteiger partial charge in [0.25, 0.3) is 11.4 Å². The number of nitrogens with zero attached hydrogens (tertiary/aromatic N) is 4. The van der Waals surface area contributed by atoms with E-state index in [9.17, 15) is 4.79 Å². The number of rotatable bonds is 2. The number of aromatic nitrogens is 5. The monoisotopic (exact) mass is 207 g/mol. The van der Waals surface area contributed by atoms with Crippen LogP contribution in [-0.2, 0) is 0 Å². The molecule has 0 amide bonds. The van der Waals surface area contributed by atoms with Crippen LogP contribution in [0.15, 0.2) is 4.79 Å². The van der Waals surface area contributed by atoms with Crippen LogP contribution in [0, 0.1) is 0 Å². The third-order valence-corrected chi connectivity index (χ3v) is 2.46. The van der Waals surface area contributed by atoms with Gasteiger partial charge in [0.2, 0.25) is 0 Å². The number of hydrogen-bond acceptors (Lipinski definition) is 5. The van der Waals surface area contributed by atoms with Crippen LogP contribution >= 0.6 is 0 Å². The first-order valence-electron chi connectivity index (χ1n) is 4.69. The predicted octanol–water partition coefficient (Wildman–Crippen LogP) is -0.142. The van der Waals surface area contributed by atoms with Crippen LogP contribution in [0.2, 0.25) is 0 Å². The molecule has 0 bridgehead atoms. The van der Waals surface area contributed by atoms with Gasteiger partial charge in [-0.15, -0.1) is 10.2 Å². The van der Waals surface area contributed by atoms with E-state index in [0.717, 1.165) is 12.8 Å². The third kappa shape index (κ3) is 1.12. The summed E-state index contributed by atoms with van der Waals surface area (Å²) in [6.45, 7) is 0. The number of nitrogens with one attached hydrogen (secondary N) is 1. The lowest BCUT2D eigenvalue weighted by atomic mass is 10.4. The van der Waals surface area contributed by atoms with Crippen molar-refractivity contribution in [1.29, 1.82) is 0 Å². The van der Waals surface area contributed by atoms with Crippen molar-refractivity contribution in [1.82, 2.24) is 25.2 Å². The fourth-order valence-corrected chi connectivity index (χ4v) is 1.51. The summed E-state index contributed by atoms with van der Waals surface area (Å²) in [5.41, 5.74) is 0.562. The Kier molecular flexibility index (Phi) is 1.56. The van der Waals surface area contributed by atoms with Gasteiger partial charge in [-0.1, -0.05) is 5.21 Å². The topological polar surface area (TPSA) is 85.7 Å². The Balaban J connectivity index is 2.29. The number of aromatic amines is 1. The molecule has 7 heteroatoms. The van der Waals surface area contributed by atoms with Gasteiger partial charge in [-0.2, -0.15) is 0 Å². The summed E-state index contributed by atoms with van der Waals surface area (Å²) in [4.78, 5) is 11.9. The highest BCUT2D eigenvalue weighted by molar-refractivity contribution is 5.77. The number of H-pyrrole nitrogens is 1. The van der Waals surface area contributed by atoms with Crippen molar-refractivity contribution in [3.05, 3.63) is 10.4 Å². The van der Waals surface area contributed by atoms with Crippen molar-refractivity contribution in [2.75, 3.05) is 7.11 Å². The highest BCUT2D eigenvalue weighted by atomic mass is 16.5. The predicted molar refractivity (Wildman–Crippen MR) is 50.8 cm³/mol. The molecular formula is C8H9N5O2. The smallest absolute Gasteiger partial charge is 0.296 e. The molecule has 1 N–H and O–H groups in total. The van der Waals surface area contributed by atoms with Gasteiger partial charge in [0.1, 0.15) is 0 Å². The summed E-state index contributed by atoms with van der Waals surface area (Å²) in [5, 5.41) is 14.2.